The van der Waals surface area contributed by atoms with Crippen LogP contribution in [0.1, 0.15) is 19.4 Å². The summed E-state index contributed by atoms with van der Waals surface area (Å²) >= 11 is 0. The Morgan fingerprint density at radius 2 is 1.83 bits per heavy atom. The first kappa shape index (κ1) is 17.6. The van der Waals surface area contributed by atoms with Crippen molar-refractivity contribution in [1.29, 1.82) is 0 Å². The highest BCUT2D eigenvalue weighted by atomic mass is 35.5. The molecule has 0 aromatic heterocycles. The van der Waals surface area contributed by atoms with Crippen LogP contribution in [0.5, 0.6) is 0 Å². The first-order chi connectivity index (χ1) is 7.65. The maximum absolute atomic E-state index is 12.8. The van der Waals surface area contributed by atoms with Crippen molar-refractivity contribution in [2.45, 2.75) is 32.5 Å². The van der Waals surface area contributed by atoms with E-state index in [1.807, 2.05) is 12.1 Å². The van der Waals surface area contributed by atoms with Crippen LogP contribution in [0.15, 0.2) is 24.3 Å². The summed E-state index contributed by atoms with van der Waals surface area (Å²) in [7, 11) is 0. The number of hydrogen-bond acceptors (Lipinski definition) is 2. The van der Waals surface area contributed by atoms with Crippen LogP contribution in [0.2, 0.25) is 0 Å². The van der Waals surface area contributed by atoms with E-state index in [0.717, 1.165) is 19.6 Å². The van der Waals surface area contributed by atoms with Gasteiger partial charge in [0.05, 0.1) is 0 Å². The number of hydrogen-bond donors (Lipinski definition) is 1. The highest BCUT2D eigenvalue weighted by Crippen LogP contribution is 2.12. The summed E-state index contributed by atoms with van der Waals surface area (Å²) < 4.78 is 12.8. The lowest BCUT2D eigenvalue weighted by atomic mass is 10.1. The van der Waals surface area contributed by atoms with Crippen LogP contribution in [0.3, 0.4) is 0 Å². The normalized spacial score (nSPS) is 23.9. The third kappa shape index (κ3) is 4.73. The van der Waals surface area contributed by atoms with Gasteiger partial charge in [-0.15, -0.1) is 24.8 Å². The lowest BCUT2D eigenvalue weighted by Gasteiger charge is -2.37. The largest absolute Gasteiger partial charge is 0.311 e. The molecule has 0 spiro atoms. The van der Waals surface area contributed by atoms with Crippen molar-refractivity contribution in [3.63, 3.8) is 0 Å². The predicted octanol–water partition coefficient (Wildman–Crippen LogP) is 2.85. The second kappa shape index (κ2) is 7.95. The lowest BCUT2D eigenvalue weighted by molar-refractivity contribution is 0.139. The van der Waals surface area contributed by atoms with Crippen LogP contribution < -0.4 is 5.32 Å². The van der Waals surface area contributed by atoms with Gasteiger partial charge in [0.2, 0.25) is 0 Å². The van der Waals surface area contributed by atoms with Crippen molar-refractivity contribution in [2.75, 3.05) is 13.1 Å². The Kier molecular flexibility index (Phi) is 7.79. The average molecular weight is 295 g/mol. The molecule has 5 heteroatoms. The van der Waals surface area contributed by atoms with E-state index in [4.69, 9.17) is 0 Å². The zero-order valence-corrected chi connectivity index (χ0v) is 12.4. The van der Waals surface area contributed by atoms with Gasteiger partial charge in [0.1, 0.15) is 5.82 Å². The van der Waals surface area contributed by atoms with Crippen LogP contribution >= 0.6 is 24.8 Å². The smallest absolute Gasteiger partial charge is 0.123 e. The molecule has 2 unspecified atom stereocenters. The van der Waals surface area contributed by atoms with Gasteiger partial charge in [-0.2, -0.15) is 0 Å². The monoisotopic (exact) mass is 294 g/mol. The summed E-state index contributed by atoms with van der Waals surface area (Å²) in [5.74, 6) is -0.162. The van der Waals surface area contributed by atoms with Gasteiger partial charge in [0.25, 0.3) is 0 Å². The van der Waals surface area contributed by atoms with Gasteiger partial charge in [-0.3, -0.25) is 4.90 Å². The Hall–Kier alpha value is -0.350. The van der Waals surface area contributed by atoms with E-state index in [1.165, 1.54) is 17.7 Å². The fraction of sp³-hybridized carbons (Fsp3) is 0.538. The number of nitrogens with zero attached hydrogens (tertiary/aromatic N) is 1. The number of rotatable bonds is 2. The zero-order valence-electron chi connectivity index (χ0n) is 10.7. The minimum absolute atomic E-state index is 0. The van der Waals surface area contributed by atoms with Gasteiger partial charge in [-0.1, -0.05) is 12.1 Å². The fourth-order valence-corrected chi connectivity index (χ4v) is 2.14. The molecule has 2 nitrogen and oxygen atoms in total. The minimum atomic E-state index is -0.162. The maximum Gasteiger partial charge on any atom is 0.123 e. The van der Waals surface area contributed by atoms with Crippen LogP contribution in [0.4, 0.5) is 4.39 Å². The molecular weight excluding hydrogens is 274 g/mol. The van der Waals surface area contributed by atoms with Crippen LogP contribution in [0, 0.1) is 5.82 Å². The molecule has 2 rings (SSSR count). The Balaban J connectivity index is 0.00000144. The van der Waals surface area contributed by atoms with Gasteiger partial charge < -0.3 is 5.32 Å². The van der Waals surface area contributed by atoms with Gasteiger partial charge >= 0.3 is 0 Å². The molecule has 1 aromatic rings. The van der Waals surface area contributed by atoms with E-state index in [1.54, 1.807) is 0 Å². The van der Waals surface area contributed by atoms with Crippen molar-refractivity contribution in [3.8, 4) is 0 Å². The highest BCUT2D eigenvalue weighted by molar-refractivity contribution is 5.85. The first-order valence-corrected chi connectivity index (χ1v) is 5.87. The van der Waals surface area contributed by atoms with Crippen molar-refractivity contribution < 1.29 is 4.39 Å². The molecule has 1 N–H and O–H groups in total. The maximum atomic E-state index is 12.8. The van der Waals surface area contributed by atoms with Crippen LogP contribution in [0.25, 0.3) is 0 Å². The molecule has 0 radical (unpaired) electrons. The molecule has 1 heterocycles. The number of halogens is 3. The molecule has 1 aromatic carbocycles. The summed E-state index contributed by atoms with van der Waals surface area (Å²) in [4.78, 5) is 2.44. The van der Waals surface area contributed by atoms with Crippen LogP contribution in [-0.2, 0) is 6.54 Å². The molecule has 0 aliphatic carbocycles. The van der Waals surface area contributed by atoms with Crippen molar-refractivity contribution in [3.05, 3.63) is 35.6 Å². The SMILES string of the molecule is CC1CN(Cc2ccc(F)cc2)C(C)CN1.Cl.Cl. The molecule has 1 fully saturated rings. The number of nitrogens with one attached hydrogen (secondary N) is 1. The molecule has 18 heavy (non-hydrogen) atoms. The standard InChI is InChI=1S/C13H19FN2.2ClH/c1-10-8-16(11(2)7-15-10)9-12-3-5-13(14)6-4-12;;/h3-6,10-11,15H,7-9H2,1-2H3;2*1H. The Morgan fingerprint density at radius 3 is 2.44 bits per heavy atom. The minimum Gasteiger partial charge on any atom is -0.311 e. The van der Waals surface area contributed by atoms with Gasteiger partial charge in [0.15, 0.2) is 0 Å². The number of piperazine rings is 1. The summed E-state index contributed by atoms with van der Waals surface area (Å²) in [5, 5.41) is 3.45. The van der Waals surface area contributed by atoms with E-state index in [2.05, 4.69) is 24.1 Å². The van der Waals surface area contributed by atoms with Gasteiger partial charge in [-0.25, -0.2) is 4.39 Å². The Labute approximate surface area is 121 Å². The van der Waals surface area contributed by atoms with E-state index in [9.17, 15) is 4.39 Å². The van der Waals surface area contributed by atoms with Crippen LogP contribution in [-0.4, -0.2) is 30.1 Å². The Bertz CT molecular complexity index is 345. The third-order valence-corrected chi connectivity index (χ3v) is 3.19. The van der Waals surface area contributed by atoms with Crippen molar-refractivity contribution in [1.82, 2.24) is 10.2 Å². The molecule has 0 saturated carbocycles. The summed E-state index contributed by atoms with van der Waals surface area (Å²) in [6, 6.07) is 7.89. The highest BCUT2D eigenvalue weighted by Gasteiger charge is 2.21. The molecule has 1 saturated heterocycles. The van der Waals surface area contributed by atoms with Gasteiger partial charge in [-0.05, 0) is 31.5 Å². The molecule has 1 aliphatic heterocycles. The molecule has 0 amide bonds. The lowest BCUT2D eigenvalue weighted by Crippen LogP contribution is -2.53. The van der Waals surface area contributed by atoms with Crippen molar-refractivity contribution >= 4 is 24.8 Å². The molecule has 104 valence electrons. The fourth-order valence-electron chi connectivity index (χ4n) is 2.14. The average Bonchev–Trinajstić information content (AvgIpc) is 2.27. The molecular formula is C13H21Cl2FN2. The van der Waals surface area contributed by atoms with E-state index >= 15 is 0 Å². The topological polar surface area (TPSA) is 15.3 Å². The van der Waals surface area contributed by atoms with E-state index in [-0.39, 0.29) is 30.6 Å². The summed E-state index contributed by atoms with van der Waals surface area (Å²) in [5.41, 5.74) is 1.18. The molecule has 2 atom stereocenters. The van der Waals surface area contributed by atoms with E-state index < -0.39 is 0 Å². The van der Waals surface area contributed by atoms with E-state index in [0.29, 0.717) is 12.1 Å². The summed E-state index contributed by atoms with van der Waals surface area (Å²) in [6.07, 6.45) is 0. The summed E-state index contributed by atoms with van der Waals surface area (Å²) in [6.45, 7) is 7.42. The van der Waals surface area contributed by atoms with Crippen molar-refractivity contribution in [2.24, 2.45) is 0 Å². The first-order valence-electron chi connectivity index (χ1n) is 5.87. The van der Waals surface area contributed by atoms with Gasteiger partial charge in [0, 0.05) is 31.7 Å². The quantitative estimate of drug-likeness (QED) is 0.902. The number of benzene rings is 1. The second-order valence-corrected chi connectivity index (χ2v) is 4.71. The second-order valence-electron chi connectivity index (χ2n) is 4.71. The third-order valence-electron chi connectivity index (χ3n) is 3.19. The zero-order chi connectivity index (χ0) is 11.5. The Morgan fingerprint density at radius 1 is 1.22 bits per heavy atom. The predicted molar refractivity (Wildman–Crippen MR) is 78.2 cm³/mol. The molecule has 1 aliphatic rings. The molecule has 0 bridgehead atoms.